The van der Waals surface area contributed by atoms with Gasteiger partial charge in [0.05, 0.1) is 23.3 Å². The number of rotatable bonds is 5. The Labute approximate surface area is 145 Å². The fraction of sp³-hybridized carbons (Fsp3) is 0.529. The average molecular weight is 349 g/mol. The van der Waals surface area contributed by atoms with Gasteiger partial charge >= 0.3 is 6.03 Å². The minimum absolute atomic E-state index is 0.0000927. The largest absolute Gasteiger partial charge is 0.461 e. The zero-order chi connectivity index (χ0) is 17.1. The number of amides is 2. The highest BCUT2D eigenvalue weighted by Crippen LogP contribution is 2.33. The molecule has 3 rings (SSSR count). The first-order chi connectivity index (χ1) is 11.6. The minimum Gasteiger partial charge on any atom is -0.461 e. The molecule has 1 atom stereocenters. The Balaban J connectivity index is 1.63. The molecule has 2 aromatic rings. The van der Waals surface area contributed by atoms with Crippen LogP contribution in [0, 0.1) is 13.8 Å². The number of ether oxygens (including phenoxy) is 1. The van der Waals surface area contributed by atoms with E-state index < -0.39 is 0 Å². The maximum atomic E-state index is 12.6. The Morgan fingerprint density at radius 3 is 3.04 bits per heavy atom. The molecule has 0 aliphatic carbocycles. The van der Waals surface area contributed by atoms with E-state index in [0.29, 0.717) is 13.2 Å². The maximum Gasteiger partial charge on any atom is 0.318 e. The highest BCUT2D eigenvalue weighted by Gasteiger charge is 2.32. The number of nitrogens with one attached hydrogen (secondary N) is 1. The summed E-state index contributed by atoms with van der Waals surface area (Å²) in [6, 6.07) is 3.81. The lowest BCUT2D eigenvalue weighted by atomic mass is 10.2. The van der Waals surface area contributed by atoms with Gasteiger partial charge in [0.1, 0.15) is 18.1 Å². The van der Waals surface area contributed by atoms with E-state index in [9.17, 15) is 4.79 Å². The average Bonchev–Trinajstić information content (AvgIpc) is 3.25. The SMILES string of the molecule is COCc1ccc([C@@H]2CCCN2C(=O)NCc2sc(C)nc2C)o1. The summed E-state index contributed by atoms with van der Waals surface area (Å²) in [5.41, 5.74) is 0.992. The number of hydrogen-bond donors (Lipinski definition) is 1. The molecule has 1 aliphatic heterocycles. The van der Waals surface area contributed by atoms with E-state index in [0.717, 1.165) is 46.5 Å². The molecule has 3 heterocycles. The second-order valence-electron chi connectivity index (χ2n) is 5.99. The van der Waals surface area contributed by atoms with Gasteiger partial charge in [-0.15, -0.1) is 11.3 Å². The van der Waals surface area contributed by atoms with Crippen molar-refractivity contribution in [1.82, 2.24) is 15.2 Å². The van der Waals surface area contributed by atoms with Crippen LogP contribution in [0.4, 0.5) is 4.79 Å². The van der Waals surface area contributed by atoms with Gasteiger partial charge in [0.25, 0.3) is 0 Å². The monoisotopic (exact) mass is 349 g/mol. The number of urea groups is 1. The maximum absolute atomic E-state index is 12.6. The van der Waals surface area contributed by atoms with Crippen molar-refractivity contribution in [1.29, 1.82) is 0 Å². The number of methoxy groups -OCH3 is 1. The van der Waals surface area contributed by atoms with Crippen molar-refractivity contribution in [2.45, 2.75) is 45.9 Å². The third-order valence-corrected chi connectivity index (χ3v) is 5.28. The van der Waals surface area contributed by atoms with Crippen LogP contribution in [-0.2, 0) is 17.9 Å². The first-order valence-corrected chi connectivity index (χ1v) is 8.95. The van der Waals surface area contributed by atoms with E-state index in [1.807, 2.05) is 30.9 Å². The molecule has 1 saturated heterocycles. The molecule has 1 N–H and O–H groups in total. The highest BCUT2D eigenvalue weighted by atomic mass is 32.1. The number of hydrogen-bond acceptors (Lipinski definition) is 5. The molecule has 0 unspecified atom stereocenters. The van der Waals surface area contributed by atoms with Crippen molar-refractivity contribution in [2.75, 3.05) is 13.7 Å². The Morgan fingerprint density at radius 2 is 2.33 bits per heavy atom. The van der Waals surface area contributed by atoms with Crippen LogP contribution in [0.2, 0.25) is 0 Å². The molecule has 0 aromatic carbocycles. The molecule has 0 spiro atoms. The summed E-state index contributed by atoms with van der Waals surface area (Å²) in [5, 5.41) is 4.04. The fourth-order valence-corrected chi connectivity index (χ4v) is 3.97. The van der Waals surface area contributed by atoms with Gasteiger partial charge in [-0.3, -0.25) is 0 Å². The number of nitrogens with zero attached hydrogens (tertiary/aromatic N) is 2. The molecule has 2 aromatic heterocycles. The summed E-state index contributed by atoms with van der Waals surface area (Å²) in [6.07, 6.45) is 1.91. The Bertz CT molecular complexity index is 710. The number of carbonyl (C=O) groups is 1. The molecular formula is C17H23N3O3S. The fourth-order valence-electron chi connectivity index (χ4n) is 3.09. The Morgan fingerprint density at radius 1 is 1.50 bits per heavy atom. The molecule has 6 nitrogen and oxygen atoms in total. The third kappa shape index (κ3) is 3.62. The summed E-state index contributed by atoms with van der Waals surface area (Å²) in [4.78, 5) is 19.9. The standard InChI is InChI=1S/C17H23N3O3S/c1-11-16(24-12(2)19-11)9-18-17(21)20-8-4-5-14(20)15-7-6-13(23-15)10-22-3/h6-7,14H,4-5,8-10H2,1-3H3,(H,18,21)/t14-/m0/s1. The lowest BCUT2D eigenvalue weighted by Crippen LogP contribution is -2.39. The van der Waals surface area contributed by atoms with Crippen molar-refractivity contribution in [3.05, 3.63) is 39.2 Å². The zero-order valence-corrected chi connectivity index (χ0v) is 15.1. The van der Waals surface area contributed by atoms with Gasteiger partial charge in [0.2, 0.25) is 0 Å². The molecule has 1 aliphatic rings. The quantitative estimate of drug-likeness (QED) is 0.896. The first kappa shape index (κ1) is 17.0. The topological polar surface area (TPSA) is 67.6 Å². The van der Waals surface area contributed by atoms with Crippen LogP contribution >= 0.6 is 11.3 Å². The molecule has 2 amide bonds. The molecule has 24 heavy (non-hydrogen) atoms. The van der Waals surface area contributed by atoms with E-state index in [1.54, 1.807) is 18.4 Å². The van der Waals surface area contributed by atoms with Crippen molar-refractivity contribution in [3.8, 4) is 0 Å². The summed E-state index contributed by atoms with van der Waals surface area (Å²) in [6.45, 7) is 5.67. The Hall–Kier alpha value is -1.86. The van der Waals surface area contributed by atoms with Crippen LogP contribution in [0.1, 0.15) is 46.0 Å². The predicted molar refractivity (Wildman–Crippen MR) is 91.9 cm³/mol. The third-order valence-electron chi connectivity index (χ3n) is 4.21. The summed E-state index contributed by atoms with van der Waals surface area (Å²) in [5.74, 6) is 1.62. The van der Waals surface area contributed by atoms with Gasteiger partial charge in [0.15, 0.2) is 0 Å². The van der Waals surface area contributed by atoms with Crippen LogP contribution < -0.4 is 5.32 Å². The predicted octanol–water partition coefficient (Wildman–Crippen LogP) is 3.55. The van der Waals surface area contributed by atoms with Crippen molar-refractivity contribution < 1.29 is 13.9 Å². The number of thiazole rings is 1. The number of furan rings is 1. The number of carbonyl (C=O) groups excluding carboxylic acids is 1. The van der Waals surface area contributed by atoms with Crippen LogP contribution in [-0.4, -0.2) is 29.6 Å². The summed E-state index contributed by atoms with van der Waals surface area (Å²) >= 11 is 1.63. The van der Waals surface area contributed by atoms with E-state index in [4.69, 9.17) is 9.15 Å². The van der Waals surface area contributed by atoms with E-state index in [-0.39, 0.29) is 12.1 Å². The second-order valence-corrected chi connectivity index (χ2v) is 7.28. The Kier molecular flexibility index (Phi) is 5.20. The summed E-state index contributed by atoms with van der Waals surface area (Å²) < 4.78 is 10.9. The second kappa shape index (κ2) is 7.36. The van der Waals surface area contributed by atoms with Crippen LogP contribution in [0.5, 0.6) is 0 Å². The smallest absolute Gasteiger partial charge is 0.318 e. The molecule has 0 bridgehead atoms. The lowest BCUT2D eigenvalue weighted by Gasteiger charge is -2.23. The van der Waals surface area contributed by atoms with Crippen LogP contribution in [0.15, 0.2) is 16.5 Å². The first-order valence-electron chi connectivity index (χ1n) is 8.13. The van der Waals surface area contributed by atoms with Crippen LogP contribution in [0.3, 0.4) is 0 Å². The van der Waals surface area contributed by atoms with Gasteiger partial charge in [0, 0.05) is 18.5 Å². The number of likely N-dealkylation sites (tertiary alicyclic amines) is 1. The van der Waals surface area contributed by atoms with Gasteiger partial charge in [-0.25, -0.2) is 9.78 Å². The van der Waals surface area contributed by atoms with Crippen molar-refractivity contribution in [2.24, 2.45) is 0 Å². The van der Waals surface area contributed by atoms with E-state index in [2.05, 4.69) is 10.3 Å². The molecule has 0 saturated carbocycles. The molecule has 130 valence electrons. The van der Waals surface area contributed by atoms with Crippen LogP contribution in [0.25, 0.3) is 0 Å². The van der Waals surface area contributed by atoms with Gasteiger partial charge < -0.3 is 19.4 Å². The van der Waals surface area contributed by atoms with Gasteiger partial charge in [-0.05, 0) is 38.8 Å². The molecule has 0 radical (unpaired) electrons. The van der Waals surface area contributed by atoms with Gasteiger partial charge in [-0.1, -0.05) is 0 Å². The van der Waals surface area contributed by atoms with Crippen molar-refractivity contribution in [3.63, 3.8) is 0 Å². The molecular weight excluding hydrogens is 326 g/mol. The zero-order valence-electron chi connectivity index (χ0n) is 14.3. The van der Waals surface area contributed by atoms with Gasteiger partial charge in [-0.2, -0.15) is 0 Å². The molecule has 7 heteroatoms. The lowest BCUT2D eigenvalue weighted by molar-refractivity contribution is 0.156. The number of aromatic nitrogens is 1. The van der Waals surface area contributed by atoms with Crippen molar-refractivity contribution >= 4 is 17.4 Å². The normalized spacial score (nSPS) is 17.5. The van der Waals surface area contributed by atoms with E-state index in [1.165, 1.54) is 0 Å². The van der Waals surface area contributed by atoms with E-state index >= 15 is 0 Å². The highest BCUT2D eigenvalue weighted by molar-refractivity contribution is 7.11. The minimum atomic E-state index is -0.0485. The number of aryl methyl sites for hydroxylation is 2. The molecule has 1 fully saturated rings. The summed E-state index contributed by atoms with van der Waals surface area (Å²) in [7, 11) is 1.64.